The average molecular weight is 308 g/mol. The summed E-state index contributed by atoms with van der Waals surface area (Å²) in [5, 5.41) is 0.813. The normalized spacial score (nSPS) is 13.4. The third-order valence-corrected chi connectivity index (χ3v) is 6.33. The van der Waals surface area contributed by atoms with E-state index >= 15 is 0 Å². The summed E-state index contributed by atoms with van der Waals surface area (Å²) in [5.74, 6) is -0.416. The smallest absolute Gasteiger partial charge is 0.176 e. The Morgan fingerprint density at radius 3 is 2.50 bits per heavy atom. The SMILES string of the molecule is C[Si](C)(C)c1cc(F)c(F)c2c1Oc1ccccc1S2. The van der Waals surface area contributed by atoms with Gasteiger partial charge in [0.25, 0.3) is 0 Å². The maximum Gasteiger partial charge on any atom is 0.176 e. The van der Waals surface area contributed by atoms with Crippen molar-refractivity contribution >= 4 is 25.0 Å². The van der Waals surface area contributed by atoms with Crippen LogP contribution in [-0.2, 0) is 0 Å². The Morgan fingerprint density at radius 1 is 1.10 bits per heavy atom. The summed E-state index contributed by atoms with van der Waals surface area (Å²) in [6, 6.07) is 8.73. The molecule has 0 amide bonds. The largest absolute Gasteiger partial charge is 0.455 e. The zero-order valence-electron chi connectivity index (χ0n) is 11.5. The van der Waals surface area contributed by atoms with E-state index in [2.05, 4.69) is 19.6 Å². The van der Waals surface area contributed by atoms with Gasteiger partial charge < -0.3 is 4.74 Å². The molecule has 3 rings (SSSR count). The van der Waals surface area contributed by atoms with Gasteiger partial charge in [-0.05, 0) is 23.4 Å². The molecule has 0 spiro atoms. The number of halogens is 2. The van der Waals surface area contributed by atoms with Crippen molar-refractivity contribution in [3.05, 3.63) is 42.0 Å². The first kappa shape index (κ1) is 13.6. The molecule has 104 valence electrons. The van der Waals surface area contributed by atoms with Crippen molar-refractivity contribution in [1.29, 1.82) is 0 Å². The predicted molar refractivity (Wildman–Crippen MR) is 80.0 cm³/mol. The Hall–Kier alpha value is -1.33. The summed E-state index contributed by atoms with van der Waals surface area (Å²) in [6.45, 7) is 6.28. The van der Waals surface area contributed by atoms with Crippen molar-refractivity contribution in [3.63, 3.8) is 0 Å². The van der Waals surface area contributed by atoms with E-state index in [1.165, 1.54) is 17.8 Å². The van der Waals surface area contributed by atoms with Gasteiger partial charge in [0.05, 0.1) is 17.9 Å². The monoisotopic (exact) mass is 308 g/mol. The number of fused-ring (bicyclic) bond motifs is 2. The lowest BCUT2D eigenvalue weighted by Crippen LogP contribution is -2.39. The molecule has 0 saturated heterocycles. The molecule has 0 radical (unpaired) electrons. The molecule has 0 aromatic heterocycles. The van der Waals surface area contributed by atoms with Crippen molar-refractivity contribution in [2.75, 3.05) is 0 Å². The Labute approximate surface area is 122 Å². The molecule has 0 N–H and O–H groups in total. The topological polar surface area (TPSA) is 9.23 Å². The maximum absolute atomic E-state index is 14.1. The molecule has 0 aliphatic carbocycles. The first-order chi connectivity index (χ1) is 9.38. The minimum atomic E-state index is -1.83. The third-order valence-electron chi connectivity index (χ3n) is 3.21. The second-order valence-corrected chi connectivity index (χ2v) is 11.9. The van der Waals surface area contributed by atoms with E-state index in [1.807, 2.05) is 24.3 Å². The molecule has 2 aromatic rings. The fourth-order valence-corrected chi connectivity index (χ4v) is 4.69. The van der Waals surface area contributed by atoms with Crippen molar-refractivity contribution in [1.82, 2.24) is 0 Å². The highest BCUT2D eigenvalue weighted by atomic mass is 32.2. The van der Waals surface area contributed by atoms with E-state index in [-0.39, 0.29) is 4.90 Å². The van der Waals surface area contributed by atoms with Gasteiger partial charge in [0.1, 0.15) is 11.5 Å². The van der Waals surface area contributed by atoms with Gasteiger partial charge in [-0.25, -0.2) is 8.78 Å². The van der Waals surface area contributed by atoms with E-state index < -0.39 is 19.7 Å². The van der Waals surface area contributed by atoms with Crippen LogP contribution in [0.15, 0.2) is 40.1 Å². The molecule has 1 aliphatic heterocycles. The number of ether oxygens (including phenoxy) is 1. The van der Waals surface area contributed by atoms with Gasteiger partial charge in [-0.15, -0.1) is 0 Å². The average Bonchev–Trinajstić information content (AvgIpc) is 2.40. The lowest BCUT2D eigenvalue weighted by molar-refractivity contribution is 0.429. The van der Waals surface area contributed by atoms with E-state index in [4.69, 9.17) is 4.74 Å². The van der Waals surface area contributed by atoms with Gasteiger partial charge in [-0.1, -0.05) is 43.5 Å². The number of para-hydroxylation sites is 1. The molecular formula is C15H14F2OSSi. The molecule has 0 atom stereocenters. The standard InChI is InChI=1S/C15H14F2OSSi/c1-20(2,3)12-8-9(16)13(17)15-14(12)18-10-6-4-5-7-11(10)19-15/h4-8H,1-3H3. The predicted octanol–water partition coefficient (Wildman–Crippen LogP) is 4.77. The van der Waals surface area contributed by atoms with Crippen molar-refractivity contribution in [2.24, 2.45) is 0 Å². The number of benzene rings is 2. The first-order valence-corrected chi connectivity index (χ1v) is 10.7. The number of hydrogen-bond acceptors (Lipinski definition) is 2. The fourth-order valence-electron chi connectivity index (χ4n) is 2.17. The summed E-state index contributed by atoms with van der Waals surface area (Å²) < 4.78 is 33.8. The molecule has 1 heterocycles. The summed E-state index contributed by atoms with van der Waals surface area (Å²) in [6.07, 6.45) is 0. The Morgan fingerprint density at radius 2 is 1.80 bits per heavy atom. The molecule has 0 unspecified atom stereocenters. The molecule has 0 bridgehead atoms. The second kappa shape index (κ2) is 4.60. The van der Waals surface area contributed by atoms with Crippen LogP contribution in [-0.4, -0.2) is 8.07 Å². The lowest BCUT2D eigenvalue weighted by atomic mass is 10.3. The molecule has 2 aromatic carbocycles. The van der Waals surface area contributed by atoms with Gasteiger partial charge in [0, 0.05) is 0 Å². The first-order valence-electron chi connectivity index (χ1n) is 6.35. The minimum Gasteiger partial charge on any atom is -0.455 e. The summed E-state index contributed by atoms with van der Waals surface area (Å²) in [5.41, 5.74) is 0. The van der Waals surface area contributed by atoms with Gasteiger partial charge >= 0.3 is 0 Å². The van der Waals surface area contributed by atoms with Gasteiger partial charge in [0.15, 0.2) is 11.6 Å². The Bertz CT molecular complexity index is 695. The summed E-state index contributed by atoms with van der Waals surface area (Å²) >= 11 is 1.24. The highest BCUT2D eigenvalue weighted by molar-refractivity contribution is 7.99. The van der Waals surface area contributed by atoms with Crippen LogP contribution in [0.5, 0.6) is 11.5 Å². The van der Waals surface area contributed by atoms with Crippen LogP contribution >= 0.6 is 11.8 Å². The Balaban J connectivity index is 2.24. The van der Waals surface area contributed by atoms with E-state index in [0.717, 1.165) is 10.1 Å². The molecule has 0 fully saturated rings. The van der Waals surface area contributed by atoms with Crippen LogP contribution in [0.1, 0.15) is 0 Å². The zero-order chi connectivity index (χ0) is 14.5. The van der Waals surface area contributed by atoms with Crippen LogP contribution in [0.4, 0.5) is 8.78 Å². The molecule has 5 heteroatoms. The third kappa shape index (κ3) is 2.15. The minimum absolute atomic E-state index is 0.265. The van der Waals surface area contributed by atoms with E-state index in [9.17, 15) is 8.78 Å². The lowest BCUT2D eigenvalue weighted by Gasteiger charge is -2.27. The summed E-state index contributed by atoms with van der Waals surface area (Å²) in [7, 11) is -1.83. The van der Waals surface area contributed by atoms with Crippen LogP contribution in [0.25, 0.3) is 0 Å². The van der Waals surface area contributed by atoms with Crippen molar-refractivity contribution in [2.45, 2.75) is 29.4 Å². The molecule has 20 heavy (non-hydrogen) atoms. The van der Waals surface area contributed by atoms with Gasteiger partial charge in [-0.2, -0.15) is 0 Å². The second-order valence-electron chi connectivity index (χ2n) is 5.78. The molecular weight excluding hydrogens is 294 g/mol. The van der Waals surface area contributed by atoms with Crippen LogP contribution in [0.2, 0.25) is 19.6 Å². The van der Waals surface area contributed by atoms with Crippen molar-refractivity contribution in [3.8, 4) is 11.5 Å². The maximum atomic E-state index is 14.1. The van der Waals surface area contributed by atoms with E-state index in [0.29, 0.717) is 11.5 Å². The zero-order valence-corrected chi connectivity index (χ0v) is 13.3. The van der Waals surface area contributed by atoms with Crippen molar-refractivity contribution < 1.29 is 13.5 Å². The number of hydrogen-bond donors (Lipinski definition) is 0. The summed E-state index contributed by atoms with van der Waals surface area (Å²) in [4.78, 5) is 1.08. The Kier molecular flexibility index (Phi) is 3.14. The highest BCUT2D eigenvalue weighted by Gasteiger charge is 2.31. The number of rotatable bonds is 1. The molecule has 0 saturated carbocycles. The van der Waals surface area contributed by atoms with Gasteiger partial charge in [0.2, 0.25) is 0 Å². The molecule has 1 nitrogen and oxygen atoms in total. The van der Waals surface area contributed by atoms with Crippen LogP contribution in [0.3, 0.4) is 0 Å². The molecule has 1 aliphatic rings. The highest BCUT2D eigenvalue weighted by Crippen LogP contribution is 2.48. The van der Waals surface area contributed by atoms with E-state index in [1.54, 1.807) is 0 Å². The quantitative estimate of drug-likeness (QED) is 0.599. The van der Waals surface area contributed by atoms with Crippen LogP contribution in [0, 0.1) is 11.6 Å². The van der Waals surface area contributed by atoms with Gasteiger partial charge in [-0.3, -0.25) is 0 Å². The van der Waals surface area contributed by atoms with Crippen LogP contribution < -0.4 is 9.92 Å². The fraction of sp³-hybridized carbons (Fsp3) is 0.200.